The van der Waals surface area contributed by atoms with Gasteiger partial charge in [-0.2, -0.15) is 0 Å². The summed E-state index contributed by atoms with van der Waals surface area (Å²) in [5.74, 6) is -0.00571. The van der Waals surface area contributed by atoms with Gasteiger partial charge in [0, 0.05) is 31.3 Å². The molecule has 0 saturated carbocycles. The smallest absolute Gasteiger partial charge is 0.255 e. The first-order valence-electron chi connectivity index (χ1n) is 7.37. The highest BCUT2D eigenvalue weighted by Gasteiger charge is 2.18. The van der Waals surface area contributed by atoms with Gasteiger partial charge in [0.05, 0.1) is 0 Å². The molecule has 0 atom stereocenters. The molecule has 0 fully saturated rings. The Morgan fingerprint density at radius 3 is 2.55 bits per heavy atom. The van der Waals surface area contributed by atoms with Crippen molar-refractivity contribution < 1.29 is 9.59 Å². The second-order valence-electron chi connectivity index (χ2n) is 5.49. The zero-order chi connectivity index (χ0) is 15.5. The minimum atomic E-state index is -0.110. The summed E-state index contributed by atoms with van der Waals surface area (Å²) in [7, 11) is 0. The van der Waals surface area contributed by atoms with Crippen LogP contribution in [0.2, 0.25) is 0 Å². The molecule has 0 unspecified atom stereocenters. The molecule has 2 aromatic carbocycles. The first kappa shape index (κ1) is 14.3. The number of carbonyl (C=O) groups excluding carboxylic acids is 2. The van der Waals surface area contributed by atoms with Crippen molar-refractivity contribution in [3.8, 4) is 0 Å². The van der Waals surface area contributed by atoms with Crippen molar-refractivity contribution in [2.24, 2.45) is 0 Å². The number of carbonyl (C=O) groups is 2. The Balaban J connectivity index is 1.75. The highest BCUT2D eigenvalue weighted by Crippen LogP contribution is 2.23. The van der Waals surface area contributed by atoms with Crippen molar-refractivity contribution in [3.63, 3.8) is 0 Å². The lowest BCUT2D eigenvalue weighted by Gasteiger charge is -2.28. The van der Waals surface area contributed by atoms with Gasteiger partial charge in [-0.25, -0.2) is 0 Å². The van der Waals surface area contributed by atoms with Crippen LogP contribution in [-0.4, -0.2) is 23.3 Å². The summed E-state index contributed by atoms with van der Waals surface area (Å²) in [6.07, 6.45) is 0.823. The van der Waals surface area contributed by atoms with E-state index in [9.17, 15) is 9.59 Å². The number of hydrogen-bond donors (Lipinski definition) is 1. The Labute approximate surface area is 129 Å². The Kier molecular flexibility index (Phi) is 3.92. The lowest BCUT2D eigenvalue weighted by Crippen LogP contribution is -2.34. The Morgan fingerprint density at radius 1 is 1.05 bits per heavy atom. The number of fused-ring (bicyclic) bond motifs is 1. The molecule has 22 heavy (non-hydrogen) atoms. The SMILES string of the molecule is CC(=O)N1CCc2cc(NC(=O)c3ccccc3)ccc2C1. The number of anilines is 1. The standard InChI is InChI=1S/C18H18N2O2/c1-13(21)20-10-9-15-11-17(8-7-16(15)12-20)19-18(22)14-5-3-2-4-6-14/h2-8,11H,9-10,12H2,1H3,(H,19,22). The fourth-order valence-corrected chi connectivity index (χ4v) is 2.69. The highest BCUT2D eigenvalue weighted by atomic mass is 16.2. The van der Waals surface area contributed by atoms with E-state index in [-0.39, 0.29) is 11.8 Å². The zero-order valence-electron chi connectivity index (χ0n) is 12.5. The number of benzene rings is 2. The van der Waals surface area contributed by atoms with Crippen LogP contribution in [0.15, 0.2) is 48.5 Å². The van der Waals surface area contributed by atoms with E-state index in [1.165, 1.54) is 5.56 Å². The van der Waals surface area contributed by atoms with Gasteiger partial charge in [-0.1, -0.05) is 24.3 Å². The molecule has 0 radical (unpaired) electrons. The molecular weight excluding hydrogens is 276 g/mol. The summed E-state index contributed by atoms with van der Waals surface area (Å²) in [5, 5.41) is 2.92. The van der Waals surface area contributed by atoms with Crippen LogP contribution in [-0.2, 0) is 17.8 Å². The molecule has 112 valence electrons. The minimum Gasteiger partial charge on any atom is -0.338 e. The van der Waals surface area contributed by atoms with Crippen molar-refractivity contribution in [1.82, 2.24) is 4.90 Å². The quantitative estimate of drug-likeness (QED) is 0.926. The number of hydrogen-bond acceptors (Lipinski definition) is 2. The molecule has 1 N–H and O–H groups in total. The van der Waals surface area contributed by atoms with Crippen LogP contribution in [0.3, 0.4) is 0 Å². The molecule has 2 amide bonds. The van der Waals surface area contributed by atoms with E-state index in [0.717, 1.165) is 24.2 Å². The van der Waals surface area contributed by atoms with Crippen molar-refractivity contribution in [2.45, 2.75) is 19.9 Å². The second-order valence-corrected chi connectivity index (χ2v) is 5.49. The van der Waals surface area contributed by atoms with Gasteiger partial charge < -0.3 is 10.2 Å². The summed E-state index contributed by atoms with van der Waals surface area (Å²) >= 11 is 0. The fourth-order valence-electron chi connectivity index (χ4n) is 2.69. The van der Waals surface area contributed by atoms with Gasteiger partial charge in [0.15, 0.2) is 0 Å². The lowest BCUT2D eigenvalue weighted by atomic mass is 9.99. The Hall–Kier alpha value is -2.62. The lowest BCUT2D eigenvalue weighted by molar-refractivity contribution is -0.129. The molecule has 1 heterocycles. The first-order chi connectivity index (χ1) is 10.6. The van der Waals surface area contributed by atoms with E-state index in [4.69, 9.17) is 0 Å². The average molecular weight is 294 g/mol. The first-order valence-corrected chi connectivity index (χ1v) is 7.37. The predicted molar refractivity (Wildman–Crippen MR) is 85.6 cm³/mol. The maximum Gasteiger partial charge on any atom is 0.255 e. The monoisotopic (exact) mass is 294 g/mol. The molecule has 4 nitrogen and oxygen atoms in total. The fraction of sp³-hybridized carbons (Fsp3) is 0.222. The summed E-state index contributed by atoms with van der Waals surface area (Å²) in [6, 6.07) is 15.0. The molecule has 0 saturated heterocycles. The largest absolute Gasteiger partial charge is 0.338 e. The van der Waals surface area contributed by atoms with Crippen LogP contribution in [0.25, 0.3) is 0 Å². The van der Waals surface area contributed by atoms with Gasteiger partial charge in [-0.15, -0.1) is 0 Å². The molecule has 4 heteroatoms. The minimum absolute atomic E-state index is 0.104. The van der Waals surface area contributed by atoms with Crippen LogP contribution in [0.1, 0.15) is 28.4 Å². The third kappa shape index (κ3) is 3.01. The number of nitrogens with one attached hydrogen (secondary N) is 1. The van der Waals surface area contributed by atoms with Crippen molar-refractivity contribution in [1.29, 1.82) is 0 Å². The van der Waals surface area contributed by atoms with Crippen molar-refractivity contribution >= 4 is 17.5 Å². The predicted octanol–water partition coefficient (Wildman–Crippen LogP) is 2.84. The maximum atomic E-state index is 12.2. The van der Waals surface area contributed by atoms with Crippen LogP contribution in [0.5, 0.6) is 0 Å². The molecule has 2 aromatic rings. The van der Waals surface area contributed by atoms with Gasteiger partial charge in [0.2, 0.25) is 5.91 Å². The Morgan fingerprint density at radius 2 is 1.82 bits per heavy atom. The van der Waals surface area contributed by atoms with E-state index < -0.39 is 0 Å². The third-order valence-corrected chi connectivity index (χ3v) is 3.96. The van der Waals surface area contributed by atoms with E-state index in [1.807, 2.05) is 41.3 Å². The molecule has 1 aliphatic rings. The van der Waals surface area contributed by atoms with Gasteiger partial charge in [-0.05, 0) is 41.8 Å². The molecule has 0 aliphatic carbocycles. The van der Waals surface area contributed by atoms with Crippen molar-refractivity contribution in [2.75, 3.05) is 11.9 Å². The molecular formula is C18H18N2O2. The molecule has 3 rings (SSSR count). The van der Waals surface area contributed by atoms with Crippen LogP contribution >= 0.6 is 0 Å². The molecule has 0 aromatic heterocycles. The molecule has 1 aliphatic heterocycles. The average Bonchev–Trinajstić information content (AvgIpc) is 2.55. The normalized spacial score (nSPS) is 13.4. The summed E-state index contributed by atoms with van der Waals surface area (Å²) < 4.78 is 0. The summed E-state index contributed by atoms with van der Waals surface area (Å²) in [5.41, 5.74) is 3.79. The second kappa shape index (κ2) is 6.02. The summed E-state index contributed by atoms with van der Waals surface area (Å²) in [4.78, 5) is 25.4. The van der Waals surface area contributed by atoms with E-state index in [2.05, 4.69) is 5.32 Å². The van der Waals surface area contributed by atoms with E-state index in [0.29, 0.717) is 12.1 Å². The van der Waals surface area contributed by atoms with Crippen LogP contribution in [0, 0.1) is 0 Å². The van der Waals surface area contributed by atoms with Gasteiger partial charge in [0.25, 0.3) is 5.91 Å². The zero-order valence-corrected chi connectivity index (χ0v) is 12.5. The highest BCUT2D eigenvalue weighted by molar-refractivity contribution is 6.04. The number of rotatable bonds is 2. The van der Waals surface area contributed by atoms with Gasteiger partial charge in [0.1, 0.15) is 0 Å². The third-order valence-electron chi connectivity index (χ3n) is 3.96. The maximum absolute atomic E-state index is 12.2. The van der Waals surface area contributed by atoms with Crippen LogP contribution in [0.4, 0.5) is 5.69 Å². The van der Waals surface area contributed by atoms with E-state index >= 15 is 0 Å². The Bertz CT molecular complexity index is 710. The van der Waals surface area contributed by atoms with Gasteiger partial charge >= 0.3 is 0 Å². The molecule has 0 bridgehead atoms. The van der Waals surface area contributed by atoms with Gasteiger partial charge in [-0.3, -0.25) is 9.59 Å². The number of nitrogens with zero attached hydrogens (tertiary/aromatic N) is 1. The van der Waals surface area contributed by atoms with Crippen LogP contribution < -0.4 is 5.32 Å². The number of amides is 2. The summed E-state index contributed by atoms with van der Waals surface area (Å²) in [6.45, 7) is 2.98. The molecule has 0 spiro atoms. The topological polar surface area (TPSA) is 49.4 Å². The van der Waals surface area contributed by atoms with Crippen molar-refractivity contribution in [3.05, 3.63) is 65.2 Å². The van der Waals surface area contributed by atoms with E-state index in [1.54, 1.807) is 19.1 Å².